The van der Waals surface area contributed by atoms with Crippen LogP contribution < -0.4 is 11.2 Å². The van der Waals surface area contributed by atoms with Crippen molar-refractivity contribution in [1.29, 1.82) is 0 Å². The van der Waals surface area contributed by atoms with E-state index in [-0.39, 0.29) is 23.9 Å². The fourth-order valence-corrected chi connectivity index (χ4v) is 2.44. The number of aromatic hydroxyl groups is 1. The summed E-state index contributed by atoms with van der Waals surface area (Å²) >= 11 is 0. The van der Waals surface area contributed by atoms with Gasteiger partial charge in [-0.3, -0.25) is 19.1 Å². The van der Waals surface area contributed by atoms with E-state index in [2.05, 4.69) is 4.98 Å². The first kappa shape index (κ1) is 14.4. The first-order chi connectivity index (χ1) is 9.41. The van der Waals surface area contributed by atoms with E-state index in [1.54, 1.807) is 18.7 Å². The lowest BCUT2D eigenvalue weighted by molar-refractivity contribution is -0.130. The van der Waals surface area contributed by atoms with Gasteiger partial charge in [-0.25, -0.2) is 4.79 Å². The molecule has 0 aromatic carbocycles. The lowest BCUT2D eigenvalue weighted by Crippen LogP contribution is -2.38. The summed E-state index contributed by atoms with van der Waals surface area (Å²) in [7, 11) is 0. The molecule has 2 N–H and O–H groups in total. The van der Waals surface area contributed by atoms with Crippen molar-refractivity contribution in [2.24, 2.45) is 0 Å². The Balaban J connectivity index is 2.36. The van der Waals surface area contributed by atoms with Crippen LogP contribution in [0.15, 0.2) is 9.59 Å². The number of aromatic nitrogens is 2. The van der Waals surface area contributed by atoms with E-state index in [9.17, 15) is 19.5 Å². The molecule has 110 valence electrons. The molecule has 0 saturated carbocycles. The number of carbonyl (C=O) groups is 1. The Morgan fingerprint density at radius 3 is 2.45 bits per heavy atom. The molecule has 0 spiro atoms. The van der Waals surface area contributed by atoms with Crippen LogP contribution in [0.4, 0.5) is 0 Å². The fraction of sp³-hybridized carbons (Fsp3) is 0.615. The average Bonchev–Trinajstić information content (AvgIpc) is 2.87. The van der Waals surface area contributed by atoms with E-state index in [1.807, 2.05) is 0 Å². The highest BCUT2D eigenvalue weighted by Crippen LogP contribution is 2.19. The number of likely N-dealkylation sites (tertiary alicyclic amines) is 1. The Morgan fingerprint density at radius 1 is 1.30 bits per heavy atom. The second kappa shape index (κ2) is 5.52. The van der Waals surface area contributed by atoms with Crippen molar-refractivity contribution >= 4 is 5.91 Å². The van der Waals surface area contributed by atoms with Crippen LogP contribution in [-0.2, 0) is 11.3 Å². The third-order valence-electron chi connectivity index (χ3n) is 3.54. The van der Waals surface area contributed by atoms with Crippen molar-refractivity contribution in [3.63, 3.8) is 0 Å². The van der Waals surface area contributed by atoms with Crippen molar-refractivity contribution in [2.45, 2.75) is 39.2 Å². The summed E-state index contributed by atoms with van der Waals surface area (Å²) in [6.07, 6.45) is 1.91. The highest BCUT2D eigenvalue weighted by atomic mass is 16.3. The molecule has 1 aromatic rings. The molecule has 0 bridgehead atoms. The first-order valence-corrected chi connectivity index (χ1v) is 6.75. The molecule has 1 amide bonds. The molecule has 1 aliphatic rings. The number of nitrogens with zero attached hydrogens (tertiary/aromatic N) is 2. The van der Waals surface area contributed by atoms with Gasteiger partial charge in [-0.2, -0.15) is 0 Å². The zero-order valence-corrected chi connectivity index (χ0v) is 11.7. The Morgan fingerprint density at radius 2 is 1.90 bits per heavy atom. The number of H-pyrrole nitrogens is 1. The second-order valence-corrected chi connectivity index (χ2v) is 5.33. The predicted octanol–water partition coefficient (Wildman–Crippen LogP) is -0.0120. The van der Waals surface area contributed by atoms with Crippen molar-refractivity contribution in [2.75, 3.05) is 13.1 Å². The lowest BCUT2D eigenvalue weighted by atomic mass is 10.1. The number of carbonyl (C=O) groups excluding carboxylic acids is 1. The predicted molar refractivity (Wildman–Crippen MR) is 72.9 cm³/mol. The topological polar surface area (TPSA) is 95.4 Å². The summed E-state index contributed by atoms with van der Waals surface area (Å²) in [4.78, 5) is 39.3. The maximum absolute atomic E-state index is 12.0. The Labute approximate surface area is 115 Å². The zero-order chi connectivity index (χ0) is 14.9. The molecule has 1 aromatic heterocycles. The third-order valence-corrected chi connectivity index (χ3v) is 3.54. The molecule has 0 aliphatic carbocycles. The van der Waals surface area contributed by atoms with Gasteiger partial charge in [0, 0.05) is 13.1 Å². The Hall–Kier alpha value is -2.05. The van der Waals surface area contributed by atoms with Gasteiger partial charge in [0.05, 0.1) is 5.56 Å². The number of amides is 1. The minimum Gasteiger partial charge on any atom is -0.494 e. The number of nitrogens with one attached hydrogen (secondary N) is 1. The van der Waals surface area contributed by atoms with E-state index in [0.717, 1.165) is 17.4 Å². The molecule has 2 rings (SSSR count). The molecule has 2 heterocycles. The number of hydrogen-bond acceptors (Lipinski definition) is 4. The van der Waals surface area contributed by atoms with Crippen molar-refractivity contribution in [3.8, 4) is 5.88 Å². The molecule has 1 aliphatic heterocycles. The highest BCUT2D eigenvalue weighted by Gasteiger charge is 2.22. The van der Waals surface area contributed by atoms with Crippen molar-refractivity contribution < 1.29 is 9.90 Å². The van der Waals surface area contributed by atoms with Crippen LogP contribution >= 0.6 is 0 Å². The summed E-state index contributed by atoms with van der Waals surface area (Å²) in [5.74, 6) is -0.879. The summed E-state index contributed by atoms with van der Waals surface area (Å²) in [6, 6.07) is 0. The molecule has 1 saturated heterocycles. The van der Waals surface area contributed by atoms with Gasteiger partial charge in [0.15, 0.2) is 0 Å². The van der Waals surface area contributed by atoms with Crippen molar-refractivity contribution in [3.05, 3.63) is 26.4 Å². The van der Waals surface area contributed by atoms with Gasteiger partial charge >= 0.3 is 5.69 Å². The maximum atomic E-state index is 12.0. The van der Waals surface area contributed by atoms with E-state index in [0.29, 0.717) is 13.1 Å². The quantitative estimate of drug-likeness (QED) is 0.814. The van der Waals surface area contributed by atoms with Gasteiger partial charge in [0.1, 0.15) is 6.54 Å². The number of aromatic amines is 1. The van der Waals surface area contributed by atoms with Gasteiger partial charge < -0.3 is 10.0 Å². The van der Waals surface area contributed by atoms with Crippen LogP contribution in [0.3, 0.4) is 0 Å². The van der Waals surface area contributed by atoms with Crippen LogP contribution in [0.1, 0.15) is 38.2 Å². The van der Waals surface area contributed by atoms with E-state index in [1.165, 1.54) is 0 Å². The van der Waals surface area contributed by atoms with E-state index >= 15 is 0 Å². The van der Waals surface area contributed by atoms with Crippen LogP contribution in [0.25, 0.3) is 0 Å². The molecule has 7 nitrogen and oxygen atoms in total. The Kier molecular flexibility index (Phi) is 3.96. The maximum Gasteiger partial charge on any atom is 0.331 e. The highest BCUT2D eigenvalue weighted by molar-refractivity contribution is 5.76. The number of hydrogen-bond donors (Lipinski definition) is 2. The summed E-state index contributed by atoms with van der Waals surface area (Å²) < 4.78 is 0.928. The standard InChI is InChI=1S/C13H19N3O4/c1-8(2)10-11(18)14-13(20)16(12(10)19)7-9(17)15-5-3-4-6-15/h8,19H,3-7H2,1-2H3,(H,14,18,20). The van der Waals surface area contributed by atoms with Crippen LogP contribution in [-0.4, -0.2) is 38.6 Å². The molecule has 20 heavy (non-hydrogen) atoms. The minimum absolute atomic E-state index is 0.124. The summed E-state index contributed by atoms with van der Waals surface area (Å²) in [5, 5.41) is 10.1. The molecular weight excluding hydrogens is 262 g/mol. The lowest BCUT2D eigenvalue weighted by Gasteiger charge is -2.17. The second-order valence-electron chi connectivity index (χ2n) is 5.33. The van der Waals surface area contributed by atoms with Gasteiger partial charge in [-0.1, -0.05) is 13.8 Å². The van der Waals surface area contributed by atoms with E-state index in [4.69, 9.17) is 0 Å². The van der Waals surface area contributed by atoms with Gasteiger partial charge in [0.25, 0.3) is 5.56 Å². The van der Waals surface area contributed by atoms with Gasteiger partial charge in [-0.05, 0) is 18.8 Å². The van der Waals surface area contributed by atoms with Crippen LogP contribution in [0, 0.1) is 0 Å². The Bertz CT molecular complexity index is 623. The monoisotopic (exact) mass is 281 g/mol. The molecule has 0 atom stereocenters. The normalized spacial score (nSPS) is 15.1. The van der Waals surface area contributed by atoms with Gasteiger partial charge in [-0.15, -0.1) is 0 Å². The summed E-state index contributed by atoms with van der Waals surface area (Å²) in [5.41, 5.74) is -1.24. The molecular formula is C13H19N3O4. The molecule has 1 fully saturated rings. The minimum atomic E-state index is -0.760. The SMILES string of the molecule is CC(C)c1c(O)n(CC(=O)N2CCCC2)c(=O)[nH]c1=O. The number of rotatable bonds is 3. The third kappa shape index (κ3) is 2.61. The first-order valence-electron chi connectivity index (χ1n) is 6.75. The fourth-order valence-electron chi connectivity index (χ4n) is 2.44. The van der Waals surface area contributed by atoms with Crippen LogP contribution in [0.2, 0.25) is 0 Å². The van der Waals surface area contributed by atoms with Crippen molar-refractivity contribution in [1.82, 2.24) is 14.5 Å². The molecule has 7 heteroatoms. The smallest absolute Gasteiger partial charge is 0.331 e. The molecule has 0 radical (unpaired) electrons. The largest absolute Gasteiger partial charge is 0.494 e. The summed E-state index contributed by atoms with van der Waals surface area (Å²) in [6.45, 7) is 4.58. The average molecular weight is 281 g/mol. The van der Waals surface area contributed by atoms with E-state index < -0.39 is 17.1 Å². The molecule has 0 unspecified atom stereocenters. The van der Waals surface area contributed by atoms with Gasteiger partial charge in [0.2, 0.25) is 11.8 Å². The zero-order valence-electron chi connectivity index (χ0n) is 11.7. The van der Waals surface area contributed by atoms with Crippen LogP contribution in [0.5, 0.6) is 5.88 Å².